The number of aromatic nitrogens is 2. The lowest BCUT2D eigenvalue weighted by Gasteiger charge is -2.15. The number of hydrogen-bond donors (Lipinski definition) is 0. The van der Waals surface area contributed by atoms with Crippen LogP contribution in [0.25, 0.3) is 88.5 Å². The molecular formula is C47H29N3. The Labute approximate surface area is 290 Å². The second-order valence-corrected chi connectivity index (χ2v) is 12.5. The summed E-state index contributed by atoms with van der Waals surface area (Å²) in [4.78, 5) is 10.6. The first-order valence-electron chi connectivity index (χ1n) is 16.7. The average Bonchev–Trinajstić information content (AvgIpc) is 3.20. The fourth-order valence-electron chi connectivity index (χ4n) is 6.95. The van der Waals surface area contributed by atoms with Crippen LogP contribution in [-0.4, -0.2) is 9.97 Å². The fraction of sp³-hybridized carbons (Fsp3) is 0. The van der Waals surface area contributed by atoms with Crippen LogP contribution >= 0.6 is 0 Å². The predicted molar refractivity (Wildman–Crippen MR) is 206 cm³/mol. The average molecular weight is 636 g/mol. The van der Waals surface area contributed by atoms with Crippen LogP contribution in [0.2, 0.25) is 0 Å². The van der Waals surface area contributed by atoms with E-state index in [1.54, 1.807) is 0 Å². The predicted octanol–water partition coefficient (Wildman–Crippen LogP) is 12.1. The number of rotatable bonds is 5. The van der Waals surface area contributed by atoms with E-state index in [2.05, 4.69) is 152 Å². The molecule has 0 amide bonds. The highest BCUT2D eigenvalue weighted by molar-refractivity contribution is 6.19. The van der Waals surface area contributed by atoms with E-state index in [4.69, 9.17) is 9.97 Å². The van der Waals surface area contributed by atoms with Crippen molar-refractivity contribution in [2.24, 2.45) is 0 Å². The van der Waals surface area contributed by atoms with Gasteiger partial charge in [-0.2, -0.15) is 5.26 Å². The highest BCUT2D eigenvalue weighted by Gasteiger charge is 2.17. The fourth-order valence-corrected chi connectivity index (χ4v) is 6.95. The van der Waals surface area contributed by atoms with Crippen molar-refractivity contribution < 1.29 is 0 Å². The lowest BCUT2D eigenvalue weighted by molar-refractivity contribution is 1.19. The molecule has 0 aliphatic heterocycles. The zero-order chi connectivity index (χ0) is 33.4. The highest BCUT2D eigenvalue weighted by atomic mass is 14.9. The molecule has 0 spiro atoms. The standard InChI is InChI=1S/C47H29N3/c48-30-31-14-16-33(17-15-31)35-20-24-38(25-21-35)45-29-44(37-22-18-34(19-23-37)32-8-2-1-3-9-32)49-47(50-45)46-41-13-7-5-11-39(41)28-43-40-12-6-4-10-36(40)26-27-42(43)46/h1-29H. The smallest absolute Gasteiger partial charge is 0.161 e. The maximum absolute atomic E-state index is 9.24. The first-order valence-corrected chi connectivity index (χ1v) is 16.7. The third kappa shape index (κ3) is 5.26. The van der Waals surface area contributed by atoms with E-state index < -0.39 is 0 Å². The molecule has 3 nitrogen and oxygen atoms in total. The molecule has 0 bridgehead atoms. The quantitative estimate of drug-likeness (QED) is 0.140. The lowest BCUT2D eigenvalue weighted by Crippen LogP contribution is -1.98. The summed E-state index contributed by atoms with van der Waals surface area (Å²) in [7, 11) is 0. The Balaban J connectivity index is 1.25. The maximum atomic E-state index is 9.24. The molecule has 0 radical (unpaired) electrons. The Bertz CT molecular complexity index is 2720. The zero-order valence-corrected chi connectivity index (χ0v) is 27.1. The highest BCUT2D eigenvalue weighted by Crippen LogP contribution is 2.40. The van der Waals surface area contributed by atoms with E-state index >= 15 is 0 Å². The number of nitriles is 1. The van der Waals surface area contributed by atoms with Gasteiger partial charge in [-0.25, -0.2) is 9.97 Å². The molecule has 3 heteroatoms. The molecule has 0 saturated carbocycles. The Morgan fingerprint density at radius 2 is 0.860 bits per heavy atom. The van der Waals surface area contributed by atoms with Crippen molar-refractivity contribution in [1.29, 1.82) is 5.26 Å². The van der Waals surface area contributed by atoms with Crippen molar-refractivity contribution in [3.8, 4) is 62.2 Å². The second-order valence-electron chi connectivity index (χ2n) is 12.5. The Hall–Kier alpha value is -6.89. The zero-order valence-electron chi connectivity index (χ0n) is 27.1. The van der Waals surface area contributed by atoms with E-state index in [0.717, 1.165) is 60.9 Å². The molecule has 0 fully saturated rings. The molecule has 9 rings (SSSR count). The van der Waals surface area contributed by atoms with Crippen molar-refractivity contribution in [3.63, 3.8) is 0 Å². The molecule has 0 N–H and O–H groups in total. The van der Waals surface area contributed by atoms with Gasteiger partial charge in [0.15, 0.2) is 5.82 Å². The van der Waals surface area contributed by atoms with Gasteiger partial charge in [0.1, 0.15) is 0 Å². The molecule has 9 aromatic rings. The molecule has 0 unspecified atom stereocenters. The minimum Gasteiger partial charge on any atom is -0.228 e. The van der Waals surface area contributed by atoms with Crippen LogP contribution in [0, 0.1) is 11.3 Å². The van der Waals surface area contributed by atoms with Crippen LogP contribution in [0.1, 0.15) is 5.56 Å². The molecule has 1 aromatic heterocycles. The van der Waals surface area contributed by atoms with E-state index in [9.17, 15) is 5.26 Å². The largest absolute Gasteiger partial charge is 0.228 e. The van der Waals surface area contributed by atoms with Crippen LogP contribution in [-0.2, 0) is 0 Å². The van der Waals surface area contributed by atoms with Crippen LogP contribution < -0.4 is 0 Å². The summed E-state index contributed by atoms with van der Waals surface area (Å²) in [6, 6.07) is 63.3. The number of benzene rings is 8. The van der Waals surface area contributed by atoms with Crippen LogP contribution in [0.3, 0.4) is 0 Å². The summed E-state index contributed by atoms with van der Waals surface area (Å²) in [6.07, 6.45) is 0. The molecule has 0 aliphatic rings. The van der Waals surface area contributed by atoms with Crippen LogP contribution in [0.5, 0.6) is 0 Å². The van der Waals surface area contributed by atoms with Crippen LogP contribution in [0.4, 0.5) is 0 Å². The monoisotopic (exact) mass is 635 g/mol. The van der Waals surface area contributed by atoms with Crippen molar-refractivity contribution in [2.75, 3.05) is 0 Å². The van der Waals surface area contributed by atoms with Crippen molar-refractivity contribution >= 4 is 32.3 Å². The van der Waals surface area contributed by atoms with Gasteiger partial charge in [-0.1, -0.05) is 152 Å². The number of nitrogens with zero attached hydrogens (tertiary/aromatic N) is 3. The van der Waals surface area contributed by atoms with E-state index in [0.29, 0.717) is 11.4 Å². The number of hydrogen-bond acceptors (Lipinski definition) is 3. The lowest BCUT2D eigenvalue weighted by atomic mass is 9.92. The Morgan fingerprint density at radius 3 is 1.48 bits per heavy atom. The summed E-state index contributed by atoms with van der Waals surface area (Å²) in [5.41, 5.74) is 9.91. The van der Waals surface area contributed by atoms with E-state index in [-0.39, 0.29) is 0 Å². The van der Waals surface area contributed by atoms with E-state index in [1.807, 2.05) is 30.3 Å². The third-order valence-corrected chi connectivity index (χ3v) is 9.54. The van der Waals surface area contributed by atoms with Crippen molar-refractivity contribution in [1.82, 2.24) is 9.97 Å². The van der Waals surface area contributed by atoms with Gasteiger partial charge < -0.3 is 0 Å². The van der Waals surface area contributed by atoms with Gasteiger partial charge in [-0.05, 0) is 78.8 Å². The third-order valence-electron chi connectivity index (χ3n) is 9.54. The van der Waals surface area contributed by atoms with Gasteiger partial charge in [-0.3, -0.25) is 0 Å². The molecule has 0 atom stereocenters. The Kier molecular flexibility index (Phi) is 7.19. The number of fused-ring (bicyclic) bond motifs is 4. The summed E-state index contributed by atoms with van der Waals surface area (Å²) in [6.45, 7) is 0. The SMILES string of the molecule is N#Cc1ccc(-c2ccc(-c3cc(-c4ccc(-c5ccccc5)cc4)nc(-c4c5ccccc5cc5c4ccc4ccccc45)n3)cc2)cc1. The normalized spacial score (nSPS) is 11.2. The second kappa shape index (κ2) is 12.3. The van der Waals surface area contributed by atoms with Gasteiger partial charge in [-0.15, -0.1) is 0 Å². The maximum Gasteiger partial charge on any atom is 0.161 e. The van der Waals surface area contributed by atoms with Gasteiger partial charge in [0.05, 0.1) is 23.0 Å². The van der Waals surface area contributed by atoms with Gasteiger partial charge in [0.25, 0.3) is 0 Å². The van der Waals surface area contributed by atoms with Crippen molar-refractivity contribution in [2.45, 2.75) is 0 Å². The molecule has 8 aromatic carbocycles. The summed E-state index contributed by atoms with van der Waals surface area (Å²) in [5.74, 6) is 0.692. The molecule has 1 heterocycles. The molecular weight excluding hydrogens is 607 g/mol. The summed E-state index contributed by atoms with van der Waals surface area (Å²) in [5, 5.41) is 16.2. The molecule has 232 valence electrons. The van der Waals surface area contributed by atoms with Gasteiger partial charge in [0, 0.05) is 16.7 Å². The summed E-state index contributed by atoms with van der Waals surface area (Å²) >= 11 is 0. The minimum atomic E-state index is 0.650. The van der Waals surface area contributed by atoms with E-state index in [1.165, 1.54) is 21.7 Å². The van der Waals surface area contributed by atoms with Crippen LogP contribution in [0.15, 0.2) is 176 Å². The topological polar surface area (TPSA) is 49.6 Å². The molecule has 0 aliphatic carbocycles. The van der Waals surface area contributed by atoms with Gasteiger partial charge >= 0.3 is 0 Å². The molecule has 0 saturated heterocycles. The van der Waals surface area contributed by atoms with Crippen molar-refractivity contribution in [3.05, 3.63) is 181 Å². The first kappa shape index (κ1) is 29.3. The summed E-state index contributed by atoms with van der Waals surface area (Å²) < 4.78 is 0. The molecule has 50 heavy (non-hydrogen) atoms. The Morgan fingerprint density at radius 1 is 0.360 bits per heavy atom. The first-order chi connectivity index (χ1) is 24.7. The minimum absolute atomic E-state index is 0.650. The van der Waals surface area contributed by atoms with Gasteiger partial charge in [0.2, 0.25) is 0 Å².